The fraction of sp³-hybridized carbons (Fsp3) is 0.0250. The van der Waals surface area contributed by atoms with Gasteiger partial charge in [-0.05, 0) is 80.4 Å². The van der Waals surface area contributed by atoms with Crippen LogP contribution in [0.4, 0.5) is 0 Å². The van der Waals surface area contributed by atoms with Crippen LogP contribution in [0.2, 0.25) is 0 Å². The minimum Gasteiger partial charge on any atom is -0.343 e. The van der Waals surface area contributed by atoms with Gasteiger partial charge >= 0.3 is 0 Å². The van der Waals surface area contributed by atoms with Gasteiger partial charge in [0.05, 0.1) is 22.1 Å². The highest BCUT2D eigenvalue weighted by atomic mass is 16.5. The summed E-state index contributed by atoms with van der Waals surface area (Å²) in [7, 11) is 0. The van der Waals surface area contributed by atoms with E-state index in [1.54, 1.807) is 0 Å². The van der Waals surface area contributed by atoms with Gasteiger partial charge in [0.25, 0.3) is 0 Å². The third-order valence-corrected chi connectivity index (χ3v) is 9.27. The van der Waals surface area contributed by atoms with Crippen LogP contribution in [0, 0.1) is 0 Å². The molecule has 0 aliphatic heterocycles. The fourth-order valence-corrected chi connectivity index (χ4v) is 7.31. The van der Waals surface area contributed by atoms with Crippen LogP contribution >= 0.6 is 0 Å². The molecule has 0 N–H and O–H groups in total. The van der Waals surface area contributed by atoms with Gasteiger partial charge in [-0.2, -0.15) is 4.98 Å². The molecule has 0 bridgehead atoms. The highest BCUT2D eigenvalue weighted by Gasteiger charge is 2.24. The minimum atomic E-state index is 0.544. The summed E-state index contributed by atoms with van der Waals surface area (Å²) in [6.45, 7) is 0. The zero-order valence-electron chi connectivity index (χ0n) is 24.6. The zero-order chi connectivity index (χ0) is 30.2. The van der Waals surface area contributed by atoms with Crippen LogP contribution < -0.4 is 0 Å². The fourth-order valence-electron chi connectivity index (χ4n) is 7.31. The number of rotatable bonds is 3. The van der Waals surface area contributed by atoms with Gasteiger partial charge in [0.1, 0.15) is 0 Å². The van der Waals surface area contributed by atoms with Gasteiger partial charge in [0.15, 0.2) is 5.82 Å². The quantitative estimate of drug-likeness (QED) is 0.205. The Bertz CT molecular complexity index is 2620. The SMILES string of the molecule is c1ccc2c(c1)-c1ccccc1-c1ccc(-n3c4ccccc4n4c5cccc(Cc6ncon6)c5nc34)cc1-c1ccccc1-2. The predicted molar refractivity (Wildman–Crippen MR) is 182 cm³/mol. The topological polar surface area (TPSA) is 61.2 Å². The summed E-state index contributed by atoms with van der Waals surface area (Å²) >= 11 is 0. The van der Waals surface area contributed by atoms with E-state index in [2.05, 4.69) is 153 Å². The minimum absolute atomic E-state index is 0.544. The maximum absolute atomic E-state index is 5.30. The first-order valence-electron chi connectivity index (χ1n) is 15.4. The number of hydrogen-bond acceptors (Lipinski definition) is 4. The lowest BCUT2D eigenvalue weighted by atomic mass is 9.81. The van der Waals surface area contributed by atoms with E-state index in [0.29, 0.717) is 12.2 Å². The molecule has 6 nitrogen and oxygen atoms in total. The molecule has 216 valence electrons. The average Bonchev–Trinajstić information content (AvgIpc) is 3.84. The van der Waals surface area contributed by atoms with Crippen molar-refractivity contribution in [3.8, 4) is 50.2 Å². The molecule has 0 saturated carbocycles. The van der Waals surface area contributed by atoms with Gasteiger partial charge in [-0.25, -0.2) is 4.98 Å². The Morgan fingerprint density at radius 3 is 1.72 bits per heavy atom. The molecule has 0 atom stereocenters. The molecule has 0 saturated heterocycles. The van der Waals surface area contributed by atoms with Crippen molar-refractivity contribution in [3.63, 3.8) is 0 Å². The van der Waals surface area contributed by atoms with E-state index in [-0.39, 0.29) is 0 Å². The average molecular weight is 592 g/mol. The summed E-state index contributed by atoms with van der Waals surface area (Å²) in [5.41, 5.74) is 16.1. The maximum Gasteiger partial charge on any atom is 0.220 e. The molecule has 3 heterocycles. The van der Waals surface area contributed by atoms with Crippen molar-refractivity contribution in [3.05, 3.63) is 151 Å². The van der Waals surface area contributed by atoms with Crippen molar-refractivity contribution in [1.82, 2.24) is 24.1 Å². The van der Waals surface area contributed by atoms with Crippen molar-refractivity contribution < 1.29 is 4.52 Å². The van der Waals surface area contributed by atoms with Crippen molar-refractivity contribution in [2.45, 2.75) is 6.42 Å². The number of aromatic nitrogens is 5. The summed E-state index contributed by atoms with van der Waals surface area (Å²) in [6, 6.07) is 48.0. The molecule has 1 aliphatic rings. The summed E-state index contributed by atoms with van der Waals surface area (Å²) in [5.74, 6) is 1.50. The third-order valence-electron chi connectivity index (χ3n) is 9.27. The van der Waals surface area contributed by atoms with Gasteiger partial charge < -0.3 is 4.52 Å². The number of fused-ring (bicyclic) bond motifs is 13. The van der Waals surface area contributed by atoms with E-state index in [1.807, 2.05) is 0 Å². The second kappa shape index (κ2) is 9.61. The summed E-state index contributed by atoms with van der Waals surface area (Å²) in [4.78, 5) is 9.57. The summed E-state index contributed by atoms with van der Waals surface area (Å²) in [6.07, 6.45) is 1.92. The van der Waals surface area contributed by atoms with Gasteiger partial charge in [-0.3, -0.25) is 8.97 Å². The second-order valence-corrected chi connectivity index (χ2v) is 11.7. The largest absolute Gasteiger partial charge is 0.343 e. The number of benzene rings is 6. The zero-order valence-corrected chi connectivity index (χ0v) is 24.6. The Kier molecular flexibility index (Phi) is 5.25. The first-order valence-corrected chi connectivity index (χ1v) is 15.4. The Morgan fingerprint density at radius 2 is 1.09 bits per heavy atom. The van der Waals surface area contributed by atoms with E-state index < -0.39 is 0 Å². The number of para-hydroxylation sites is 3. The lowest BCUT2D eigenvalue weighted by Crippen LogP contribution is -2.00. The molecule has 0 amide bonds. The smallest absolute Gasteiger partial charge is 0.220 e. The number of nitrogens with zero attached hydrogens (tertiary/aromatic N) is 5. The van der Waals surface area contributed by atoms with E-state index >= 15 is 0 Å². The molecule has 6 heteroatoms. The molecule has 0 spiro atoms. The Morgan fingerprint density at radius 1 is 0.522 bits per heavy atom. The molecular weight excluding hydrogens is 566 g/mol. The van der Waals surface area contributed by atoms with Crippen molar-refractivity contribution in [1.29, 1.82) is 0 Å². The van der Waals surface area contributed by atoms with Crippen molar-refractivity contribution >= 4 is 27.8 Å². The van der Waals surface area contributed by atoms with Crippen LogP contribution in [0.3, 0.4) is 0 Å². The van der Waals surface area contributed by atoms with Gasteiger partial charge in [0, 0.05) is 12.1 Å². The van der Waals surface area contributed by atoms with E-state index in [9.17, 15) is 0 Å². The van der Waals surface area contributed by atoms with Crippen LogP contribution in [0.15, 0.2) is 144 Å². The van der Waals surface area contributed by atoms with Gasteiger partial charge in [-0.1, -0.05) is 108 Å². The first-order chi connectivity index (χ1) is 22.8. The lowest BCUT2D eigenvalue weighted by Gasteiger charge is -2.23. The maximum atomic E-state index is 5.30. The number of hydrogen-bond donors (Lipinski definition) is 0. The third kappa shape index (κ3) is 3.55. The first kappa shape index (κ1) is 25.1. The molecule has 6 aromatic carbocycles. The van der Waals surface area contributed by atoms with Crippen molar-refractivity contribution in [2.24, 2.45) is 0 Å². The standard InChI is InChI=1S/C40H25N5O/c1-2-12-28-27(11-1)29-13-3-4-15-31(29)33-21-20-26(23-34(33)32-16-6-5-14-30(28)32)44-35-17-7-8-18-36(35)45-37-19-9-10-25(39(37)42-40(44)45)22-38-41-24-46-43-38/h1-21,23-24H,22H2. The van der Waals surface area contributed by atoms with E-state index in [4.69, 9.17) is 9.51 Å². The molecule has 3 aromatic heterocycles. The predicted octanol–water partition coefficient (Wildman–Crippen LogP) is 9.39. The van der Waals surface area contributed by atoms with Crippen LogP contribution in [0.25, 0.3) is 78.0 Å². The van der Waals surface area contributed by atoms with E-state index in [0.717, 1.165) is 39.1 Å². The number of imidazole rings is 2. The second-order valence-electron chi connectivity index (χ2n) is 11.7. The Labute approximate surface area is 263 Å². The molecule has 0 fully saturated rings. The van der Waals surface area contributed by atoms with Gasteiger partial charge in [-0.15, -0.1) is 0 Å². The monoisotopic (exact) mass is 591 g/mol. The Hall–Kier alpha value is -6.27. The van der Waals surface area contributed by atoms with Gasteiger partial charge in [0.2, 0.25) is 12.2 Å². The highest BCUT2D eigenvalue weighted by Crippen LogP contribution is 2.48. The Balaban J connectivity index is 1.27. The molecule has 46 heavy (non-hydrogen) atoms. The van der Waals surface area contributed by atoms with Crippen molar-refractivity contribution in [2.75, 3.05) is 0 Å². The molecular formula is C40H25N5O. The normalized spacial score (nSPS) is 12.0. The molecule has 0 unspecified atom stereocenters. The van der Waals surface area contributed by atoms with Crippen LogP contribution in [-0.4, -0.2) is 24.1 Å². The van der Waals surface area contributed by atoms with E-state index in [1.165, 1.54) is 50.9 Å². The molecule has 1 aliphatic carbocycles. The summed E-state index contributed by atoms with van der Waals surface area (Å²) in [5, 5.41) is 4.05. The molecule has 9 aromatic rings. The van der Waals surface area contributed by atoms with Crippen LogP contribution in [0.1, 0.15) is 11.4 Å². The highest BCUT2D eigenvalue weighted by molar-refractivity contribution is 6.03. The van der Waals surface area contributed by atoms with Crippen LogP contribution in [0.5, 0.6) is 0 Å². The molecule has 10 rings (SSSR count). The summed E-state index contributed by atoms with van der Waals surface area (Å²) < 4.78 is 9.57. The lowest BCUT2D eigenvalue weighted by molar-refractivity contribution is 0.411. The van der Waals surface area contributed by atoms with Crippen LogP contribution in [-0.2, 0) is 6.42 Å². The molecule has 0 radical (unpaired) electrons.